The largest absolute Gasteiger partial charge is 0.480 e. The molecule has 0 radical (unpaired) electrons. The first kappa shape index (κ1) is 28.1. The van der Waals surface area contributed by atoms with E-state index in [1.807, 2.05) is 13.8 Å². The van der Waals surface area contributed by atoms with E-state index >= 15 is 0 Å². The molecule has 11 heteroatoms. The van der Waals surface area contributed by atoms with E-state index in [0.29, 0.717) is 12.8 Å². The number of hydrogen-bond donors (Lipinski definition) is 7. The number of amides is 3. The van der Waals surface area contributed by atoms with Gasteiger partial charge in [-0.3, -0.25) is 14.4 Å². The van der Waals surface area contributed by atoms with E-state index < -0.39 is 54.5 Å². The highest BCUT2D eigenvalue weighted by Gasteiger charge is 2.34. The monoisotopic (exact) mass is 448 g/mol. The van der Waals surface area contributed by atoms with E-state index in [0.717, 1.165) is 0 Å². The molecule has 0 aromatic heterocycles. The molecule has 0 aliphatic rings. The highest BCUT2D eigenvalue weighted by atomic mass is 32.1. The van der Waals surface area contributed by atoms with Crippen molar-refractivity contribution in [1.82, 2.24) is 16.0 Å². The lowest BCUT2D eigenvalue weighted by molar-refractivity contribution is -0.143. The number of aliphatic carboxylic acids is 1. The standard InChI is InChI=1S/C19H36N4O6S/c1-5-10(3)14(17(26)21-13(7-8-24)19(28)29)23-18(27)15(11(4)6-2)22-16(25)12(20)9-30/h10-15,24,30H,5-9,20H2,1-4H3,(H,21,26)(H,22,25)(H,23,27)(H,28,29)/t10-,11-,12-,13-,14-,15-/m0/s1. The summed E-state index contributed by atoms with van der Waals surface area (Å²) in [5, 5.41) is 25.8. The van der Waals surface area contributed by atoms with Crippen LogP contribution < -0.4 is 21.7 Å². The number of thiol groups is 1. The molecule has 0 spiro atoms. The van der Waals surface area contributed by atoms with Crippen molar-refractivity contribution >= 4 is 36.3 Å². The van der Waals surface area contributed by atoms with E-state index in [9.17, 15) is 24.3 Å². The van der Waals surface area contributed by atoms with Crippen molar-refractivity contribution in [3.63, 3.8) is 0 Å². The molecule has 0 saturated carbocycles. The molecule has 0 aliphatic heterocycles. The van der Waals surface area contributed by atoms with Crippen LogP contribution in [0.4, 0.5) is 0 Å². The van der Waals surface area contributed by atoms with Crippen molar-refractivity contribution < 1.29 is 29.4 Å². The van der Waals surface area contributed by atoms with Crippen LogP contribution in [-0.2, 0) is 19.2 Å². The molecule has 0 aromatic carbocycles. The van der Waals surface area contributed by atoms with Gasteiger partial charge in [-0.15, -0.1) is 0 Å². The highest BCUT2D eigenvalue weighted by molar-refractivity contribution is 7.80. The minimum atomic E-state index is -1.28. The number of aliphatic hydroxyl groups excluding tert-OH is 1. The van der Waals surface area contributed by atoms with Gasteiger partial charge in [0.1, 0.15) is 18.1 Å². The number of nitrogens with two attached hydrogens (primary N) is 1. The van der Waals surface area contributed by atoms with Gasteiger partial charge in [-0.1, -0.05) is 40.5 Å². The second-order valence-corrected chi connectivity index (χ2v) is 7.81. The summed E-state index contributed by atoms with van der Waals surface area (Å²) in [4.78, 5) is 49.1. The normalized spacial score (nSPS) is 17.0. The third kappa shape index (κ3) is 8.88. The van der Waals surface area contributed by atoms with E-state index in [1.165, 1.54) is 0 Å². The predicted molar refractivity (Wildman–Crippen MR) is 116 cm³/mol. The van der Waals surface area contributed by atoms with Crippen molar-refractivity contribution in [2.24, 2.45) is 17.6 Å². The van der Waals surface area contributed by atoms with Gasteiger partial charge in [0.05, 0.1) is 6.04 Å². The topological polar surface area (TPSA) is 171 Å². The average molecular weight is 449 g/mol. The minimum Gasteiger partial charge on any atom is -0.480 e. The van der Waals surface area contributed by atoms with Crippen molar-refractivity contribution in [3.8, 4) is 0 Å². The van der Waals surface area contributed by atoms with Crippen LogP contribution >= 0.6 is 12.6 Å². The van der Waals surface area contributed by atoms with Gasteiger partial charge < -0.3 is 31.9 Å². The number of carboxylic acids is 1. The van der Waals surface area contributed by atoms with Crippen LogP contribution in [0.3, 0.4) is 0 Å². The predicted octanol–water partition coefficient (Wildman–Crippen LogP) is -0.743. The molecule has 3 amide bonds. The molecule has 0 fully saturated rings. The summed E-state index contributed by atoms with van der Waals surface area (Å²) in [5.74, 6) is -3.45. The molecular formula is C19H36N4O6S. The quantitative estimate of drug-likeness (QED) is 0.171. The summed E-state index contributed by atoms with van der Waals surface area (Å²) in [6, 6.07) is -4.08. The Morgan fingerprint density at radius 2 is 1.33 bits per heavy atom. The number of carbonyl (C=O) groups excluding carboxylic acids is 3. The fourth-order valence-electron chi connectivity index (χ4n) is 2.64. The molecular weight excluding hydrogens is 412 g/mol. The summed E-state index contributed by atoms with van der Waals surface area (Å²) in [5.41, 5.74) is 5.68. The van der Waals surface area contributed by atoms with Crippen LogP contribution in [0.25, 0.3) is 0 Å². The second-order valence-electron chi connectivity index (χ2n) is 7.44. The Hall–Kier alpha value is -1.85. The molecule has 7 N–H and O–H groups in total. The summed E-state index contributed by atoms with van der Waals surface area (Å²) in [6.45, 7) is 6.82. The first-order valence-corrected chi connectivity index (χ1v) is 10.8. The molecule has 0 aromatic rings. The Morgan fingerprint density at radius 1 is 0.900 bits per heavy atom. The lowest BCUT2D eigenvalue weighted by Crippen LogP contribution is -2.60. The maximum atomic E-state index is 12.9. The number of carbonyl (C=O) groups is 4. The molecule has 0 saturated heterocycles. The van der Waals surface area contributed by atoms with Crippen LogP contribution in [0.5, 0.6) is 0 Å². The zero-order chi connectivity index (χ0) is 23.4. The molecule has 0 aliphatic carbocycles. The van der Waals surface area contributed by atoms with Crippen LogP contribution in [0.2, 0.25) is 0 Å². The molecule has 0 bridgehead atoms. The van der Waals surface area contributed by atoms with Crippen LogP contribution in [0.1, 0.15) is 47.0 Å². The fraction of sp³-hybridized carbons (Fsp3) is 0.789. The molecule has 30 heavy (non-hydrogen) atoms. The molecule has 0 unspecified atom stereocenters. The van der Waals surface area contributed by atoms with Crippen molar-refractivity contribution in [1.29, 1.82) is 0 Å². The van der Waals surface area contributed by atoms with Gasteiger partial charge in [0, 0.05) is 18.8 Å². The highest BCUT2D eigenvalue weighted by Crippen LogP contribution is 2.13. The molecule has 10 nitrogen and oxygen atoms in total. The van der Waals surface area contributed by atoms with Gasteiger partial charge in [0.2, 0.25) is 17.7 Å². The zero-order valence-electron chi connectivity index (χ0n) is 18.1. The molecule has 0 rings (SSSR count). The lowest BCUT2D eigenvalue weighted by Gasteiger charge is -2.30. The Morgan fingerprint density at radius 3 is 1.70 bits per heavy atom. The van der Waals surface area contributed by atoms with E-state index in [-0.39, 0.29) is 24.0 Å². The van der Waals surface area contributed by atoms with Crippen molar-refractivity contribution in [2.75, 3.05) is 12.4 Å². The maximum absolute atomic E-state index is 12.9. The zero-order valence-corrected chi connectivity index (χ0v) is 18.9. The number of rotatable bonds is 14. The summed E-state index contributed by atoms with van der Waals surface area (Å²) >= 11 is 3.99. The van der Waals surface area contributed by atoms with Crippen molar-refractivity contribution in [3.05, 3.63) is 0 Å². The van der Waals surface area contributed by atoms with Gasteiger partial charge in [0.15, 0.2) is 0 Å². The Balaban J connectivity index is 5.52. The van der Waals surface area contributed by atoms with E-state index in [1.54, 1.807) is 13.8 Å². The molecule has 6 atom stereocenters. The summed E-state index contributed by atoms with van der Waals surface area (Å²) in [7, 11) is 0. The smallest absolute Gasteiger partial charge is 0.326 e. The fourth-order valence-corrected chi connectivity index (χ4v) is 2.80. The number of nitrogens with one attached hydrogen (secondary N) is 3. The first-order valence-electron chi connectivity index (χ1n) is 10.1. The van der Waals surface area contributed by atoms with Crippen LogP contribution in [0, 0.1) is 11.8 Å². The van der Waals surface area contributed by atoms with Gasteiger partial charge in [-0.2, -0.15) is 12.6 Å². The van der Waals surface area contributed by atoms with Crippen LogP contribution in [0.15, 0.2) is 0 Å². The minimum absolute atomic E-state index is 0.111. The Kier molecular flexibility index (Phi) is 13.3. The summed E-state index contributed by atoms with van der Waals surface area (Å²) < 4.78 is 0. The first-order chi connectivity index (χ1) is 14.0. The van der Waals surface area contributed by atoms with Gasteiger partial charge in [-0.25, -0.2) is 4.79 Å². The van der Waals surface area contributed by atoms with Crippen LogP contribution in [-0.4, -0.2) is 70.4 Å². The van der Waals surface area contributed by atoms with E-state index in [2.05, 4.69) is 28.6 Å². The van der Waals surface area contributed by atoms with Gasteiger partial charge in [0.25, 0.3) is 0 Å². The molecule has 0 heterocycles. The number of aliphatic hydroxyl groups is 1. The number of hydrogen-bond acceptors (Lipinski definition) is 7. The van der Waals surface area contributed by atoms with E-state index in [4.69, 9.17) is 10.8 Å². The maximum Gasteiger partial charge on any atom is 0.326 e. The Bertz CT molecular complexity index is 591. The average Bonchev–Trinajstić information content (AvgIpc) is 2.72. The second kappa shape index (κ2) is 14.2. The number of carboxylic acid groups (broad SMARTS) is 1. The van der Waals surface area contributed by atoms with Gasteiger partial charge in [-0.05, 0) is 11.8 Å². The third-order valence-electron chi connectivity index (χ3n) is 5.15. The molecule has 174 valence electrons. The summed E-state index contributed by atoms with van der Waals surface area (Å²) in [6.07, 6.45) is 0.975. The third-order valence-corrected chi connectivity index (χ3v) is 5.55. The van der Waals surface area contributed by atoms with Crippen molar-refractivity contribution in [2.45, 2.75) is 71.1 Å². The van der Waals surface area contributed by atoms with Gasteiger partial charge >= 0.3 is 5.97 Å². The SMILES string of the molecule is CC[C@H](C)[C@H](NC(=O)[C@@H](NC(=O)[C@@H](N)CS)[C@@H](C)CC)C(=O)N[C@@H](CCO)C(=O)O. The lowest BCUT2D eigenvalue weighted by atomic mass is 9.94. The Labute approximate surface area is 183 Å².